The molecule has 0 bridgehead atoms. The summed E-state index contributed by atoms with van der Waals surface area (Å²) in [6, 6.07) is 4.59. The van der Waals surface area contributed by atoms with Gasteiger partial charge in [0.1, 0.15) is 0 Å². The molecule has 0 spiro atoms. The van der Waals surface area contributed by atoms with Crippen molar-refractivity contribution >= 4 is 5.57 Å². The molecule has 0 amide bonds. The summed E-state index contributed by atoms with van der Waals surface area (Å²) in [6.07, 6.45) is 2.18. The third kappa shape index (κ3) is 2.40. The van der Waals surface area contributed by atoms with Crippen molar-refractivity contribution in [3.05, 3.63) is 46.7 Å². The Bertz CT molecular complexity index is 404. The van der Waals surface area contributed by atoms with Crippen molar-refractivity contribution in [1.29, 1.82) is 0 Å². The van der Waals surface area contributed by atoms with Crippen LogP contribution in [0.5, 0.6) is 0 Å². The van der Waals surface area contributed by atoms with E-state index in [2.05, 4.69) is 52.1 Å². The highest BCUT2D eigenvalue weighted by Crippen LogP contribution is 2.23. The maximum Gasteiger partial charge on any atom is -0.00224 e. The first kappa shape index (κ1) is 11.8. The minimum absolute atomic E-state index is 1.07. The van der Waals surface area contributed by atoms with E-state index in [1.165, 1.54) is 22.3 Å². The third-order valence-corrected chi connectivity index (χ3v) is 2.99. The van der Waals surface area contributed by atoms with E-state index in [9.17, 15) is 0 Å². The fourth-order valence-electron chi connectivity index (χ4n) is 1.92. The van der Waals surface area contributed by atoms with Gasteiger partial charge in [0.25, 0.3) is 0 Å². The summed E-state index contributed by atoms with van der Waals surface area (Å²) in [5.74, 6) is 0. The number of allylic oxidation sites excluding steroid dienone is 1. The van der Waals surface area contributed by atoms with E-state index in [1.54, 1.807) is 0 Å². The Morgan fingerprint density at radius 2 is 1.80 bits per heavy atom. The molecule has 80 valence electrons. The lowest BCUT2D eigenvalue weighted by Crippen LogP contribution is -1.96. The quantitative estimate of drug-likeness (QED) is 0.638. The Balaban J connectivity index is 3.40. The maximum absolute atomic E-state index is 3.72. The predicted octanol–water partition coefficient (Wildman–Crippen LogP) is 4.31. The van der Waals surface area contributed by atoms with Gasteiger partial charge in [0.2, 0.25) is 0 Å². The van der Waals surface area contributed by atoms with Crippen molar-refractivity contribution in [3.8, 4) is 0 Å². The first-order chi connectivity index (χ1) is 7.13. The second kappa shape index (κ2) is 5.00. The molecule has 0 heterocycles. The summed E-state index contributed by atoms with van der Waals surface area (Å²) >= 11 is 0. The van der Waals surface area contributed by atoms with E-state index in [0.717, 1.165) is 18.4 Å². The number of rotatable bonds is 3. The van der Waals surface area contributed by atoms with Crippen molar-refractivity contribution in [2.24, 2.45) is 0 Å². The minimum Gasteiger partial charge on any atom is -0.125 e. The highest BCUT2D eigenvalue weighted by Gasteiger charge is 2.06. The van der Waals surface area contributed by atoms with Gasteiger partial charge in [-0.25, -0.2) is 0 Å². The Kier molecular flexibility index (Phi) is 3.94. The zero-order valence-electron chi connectivity index (χ0n) is 10.3. The molecule has 0 nitrogen and oxygen atoms in total. The number of benzene rings is 1. The molecule has 0 unspecified atom stereocenters. The molecule has 0 fully saturated rings. The van der Waals surface area contributed by atoms with Crippen LogP contribution in [-0.4, -0.2) is 0 Å². The molecule has 0 aliphatic rings. The molecule has 1 rings (SSSR count). The van der Waals surface area contributed by atoms with Crippen LogP contribution in [0.15, 0.2) is 24.4 Å². The summed E-state index contributed by atoms with van der Waals surface area (Å²) in [7, 11) is 0. The highest BCUT2D eigenvalue weighted by atomic mass is 14.1. The van der Waals surface area contributed by atoms with Crippen LogP contribution in [0.3, 0.4) is 0 Å². The number of hydrogen-bond acceptors (Lipinski definition) is 0. The van der Waals surface area contributed by atoms with Crippen molar-refractivity contribution in [2.45, 2.75) is 40.5 Å². The molecule has 1 aromatic rings. The Morgan fingerprint density at radius 3 is 2.27 bits per heavy atom. The average molecular weight is 200 g/mol. The molecular weight excluding hydrogens is 180 g/mol. The van der Waals surface area contributed by atoms with Crippen LogP contribution in [0.4, 0.5) is 0 Å². The van der Waals surface area contributed by atoms with E-state index < -0.39 is 0 Å². The van der Waals surface area contributed by atoms with Crippen LogP contribution in [0.1, 0.15) is 43.0 Å². The second-order valence-corrected chi connectivity index (χ2v) is 3.94. The van der Waals surface area contributed by atoms with Crippen molar-refractivity contribution in [2.75, 3.05) is 0 Å². The van der Waals surface area contributed by atoms with Crippen LogP contribution in [-0.2, 0) is 12.8 Å². The van der Waals surface area contributed by atoms with E-state index in [0.29, 0.717) is 0 Å². The molecule has 0 N–H and O–H groups in total. The minimum atomic E-state index is 1.07. The SMILES string of the molecule is C=C=C(C)c1cc(C)c(CC)cc1CC. The van der Waals surface area contributed by atoms with Crippen molar-refractivity contribution in [3.63, 3.8) is 0 Å². The maximum atomic E-state index is 3.72. The fraction of sp³-hybridized carbons (Fsp3) is 0.400. The molecule has 0 saturated heterocycles. The van der Waals surface area contributed by atoms with Crippen molar-refractivity contribution in [1.82, 2.24) is 0 Å². The van der Waals surface area contributed by atoms with Gasteiger partial charge >= 0.3 is 0 Å². The predicted molar refractivity (Wildman–Crippen MR) is 68.2 cm³/mol. The monoisotopic (exact) mass is 200 g/mol. The summed E-state index contributed by atoms with van der Waals surface area (Å²) in [4.78, 5) is 0. The van der Waals surface area contributed by atoms with Crippen LogP contribution in [0.25, 0.3) is 5.57 Å². The van der Waals surface area contributed by atoms with Crippen LogP contribution in [0, 0.1) is 6.92 Å². The third-order valence-electron chi connectivity index (χ3n) is 2.99. The van der Waals surface area contributed by atoms with E-state index in [1.807, 2.05) is 0 Å². The normalized spacial score (nSPS) is 9.87. The summed E-state index contributed by atoms with van der Waals surface area (Å²) in [5.41, 5.74) is 9.68. The number of hydrogen-bond donors (Lipinski definition) is 0. The Morgan fingerprint density at radius 1 is 1.20 bits per heavy atom. The molecule has 0 saturated carbocycles. The van der Waals surface area contributed by atoms with Gasteiger partial charge in [-0.3, -0.25) is 0 Å². The lowest BCUT2D eigenvalue weighted by atomic mass is 9.93. The molecule has 0 atom stereocenters. The highest BCUT2D eigenvalue weighted by molar-refractivity contribution is 5.67. The molecule has 0 heteroatoms. The molecular formula is C15H20. The van der Waals surface area contributed by atoms with E-state index in [4.69, 9.17) is 0 Å². The van der Waals surface area contributed by atoms with Gasteiger partial charge in [-0.2, -0.15) is 0 Å². The van der Waals surface area contributed by atoms with Crippen LogP contribution < -0.4 is 0 Å². The smallest absolute Gasteiger partial charge is 0.00224 e. The molecule has 15 heavy (non-hydrogen) atoms. The van der Waals surface area contributed by atoms with Gasteiger partial charge in [0, 0.05) is 0 Å². The van der Waals surface area contributed by atoms with Gasteiger partial charge in [-0.05, 0) is 54.5 Å². The van der Waals surface area contributed by atoms with Crippen LogP contribution >= 0.6 is 0 Å². The molecule has 1 aromatic carbocycles. The van der Waals surface area contributed by atoms with Gasteiger partial charge in [0.05, 0.1) is 0 Å². The van der Waals surface area contributed by atoms with Gasteiger partial charge in [0.15, 0.2) is 0 Å². The van der Waals surface area contributed by atoms with E-state index >= 15 is 0 Å². The number of aryl methyl sites for hydroxylation is 3. The summed E-state index contributed by atoms with van der Waals surface area (Å²) in [5, 5.41) is 0. The lowest BCUT2D eigenvalue weighted by Gasteiger charge is -2.12. The first-order valence-corrected chi connectivity index (χ1v) is 5.63. The van der Waals surface area contributed by atoms with Gasteiger partial charge in [-0.15, -0.1) is 5.73 Å². The standard InChI is InChI=1S/C15H20/c1-6-11(4)15-9-12(5)13(7-2)10-14(15)8-3/h9-10H,1,7-8H2,2-5H3. The van der Waals surface area contributed by atoms with Crippen molar-refractivity contribution < 1.29 is 0 Å². The molecule has 0 radical (unpaired) electrons. The Hall–Kier alpha value is -1.26. The average Bonchev–Trinajstić information content (AvgIpc) is 2.27. The fourth-order valence-corrected chi connectivity index (χ4v) is 1.92. The summed E-state index contributed by atoms with van der Waals surface area (Å²) in [6.45, 7) is 12.4. The molecule has 0 aromatic heterocycles. The largest absolute Gasteiger partial charge is 0.125 e. The van der Waals surface area contributed by atoms with Gasteiger partial charge < -0.3 is 0 Å². The molecule has 0 aliphatic heterocycles. The second-order valence-electron chi connectivity index (χ2n) is 3.94. The van der Waals surface area contributed by atoms with Crippen LogP contribution in [0.2, 0.25) is 0 Å². The lowest BCUT2D eigenvalue weighted by molar-refractivity contribution is 1.06. The van der Waals surface area contributed by atoms with Gasteiger partial charge in [-0.1, -0.05) is 32.6 Å². The zero-order valence-corrected chi connectivity index (χ0v) is 10.3. The zero-order chi connectivity index (χ0) is 11.4. The molecule has 0 aliphatic carbocycles. The Labute approximate surface area is 93.3 Å². The van der Waals surface area contributed by atoms with E-state index in [-0.39, 0.29) is 0 Å². The summed E-state index contributed by atoms with van der Waals surface area (Å²) < 4.78 is 0. The first-order valence-electron chi connectivity index (χ1n) is 5.63. The topological polar surface area (TPSA) is 0 Å².